The molecule has 0 saturated carbocycles. The SMILES string of the molecule is CC[C@@H](NC(=O)Nc1c(C)cnn1Cc1cccc(C)c1)c1cnn(C)c1. The number of benzene rings is 1. The molecule has 2 aromatic heterocycles. The Morgan fingerprint density at radius 3 is 2.70 bits per heavy atom. The van der Waals surface area contributed by atoms with Gasteiger partial charge in [0.05, 0.1) is 25.0 Å². The number of carbonyl (C=O) groups is 1. The lowest BCUT2D eigenvalue weighted by atomic mass is 10.1. The molecule has 0 bridgehead atoms. The first-order valence-electron chi connectivity index (χ1n) is 9.10. The molecule has 1 aromatic carbocycles. The summed E-state index contributed by atoms with van der Waals surface area (Å²) in [4.78, 5) is 12.6. The maximum atomic E-state index is 12.6. The fourth-order valence-electron chi connectivity index (χ4n) is 3.09. The minimum atomic E-state index is -0.250. The van der Waals surface area contributed by atoms with Gasteiger partial charge in [-0.15, -0.1) is 0 Å². The highest BCUT2D eigenvalue weighted by molar-refractivity contribution is 5.89. The van der Waals surface area contributed by atoms with Crippen molar-refractivity contribution in [1.29, 1.82) is 0 Å². The number of nitrogens with one attached hydrogen (secondary N) is 2. The van der Waals surface area contributed by atoms with Gasteiger partial charge in [-0.1, -0.05) is 36.8 Å². The quantitative estimate of drug-likeness (QED) is 0.700. The second kappa shape index (κ2) is 8.07. The van der Waals surface area contributed by atoms with E-state index in [4.69, 9.17) is 0 Å². The van der Waals surface area contributed by atoms with E-state index in [1.807, 2.05) is 37.8 Å². The monoisotopic (exact) mass is 366 g/mol. The average molecular weight is 366 g/mol. The fraction of sp³-hybridized carbons (Fsp3) is 0.350. The minimum absolute atomic E-state index is 0.0906. The van der Waals surface area contributed by atoms with Crippen molar-refractivity contribution >= 4 is 11.8 Å². The highest BCUT2D eigenvalue weighted by Crippen LogP contribution is 2.18. The zero-order chi connectivity index (χ0) is 19.4. The van der Waals surface area contributed by atoms with E-state index in [0.717, 1.165) is 23.1 Å². The highest BCUT2D eigenvalue weighted by atomic mass is 16.2. The van der Waals surface area contributed by atoms with E-state index in [1.165, 1.54) is 5.56 Å². The van der Waals surface area contributed by atoms with Crippen molar-refractivity contribution in [3.05, 3.63) is 65.1 Å². The molecule has 2 heterocycles. The van der Waals surface area contributed by atoms with Gasteiger partial charge in [-0.3, -0.25) is 10.00 Å². The van der Waals surface area contributed by atoms with Crippen LogP contribution in [0.25, 0.3) is 0 Å². The molecule has 0 aliphatic heterocycles. The van der Waals surface area contributed by atoms with Gasteiger partial charge >= 0.3 is 6.03 Å². The van der Waals surface area contributed by atoms with Crippen molar-refractivity contribution in [2.75, 3.05) is 5.32 Å². The number of amides is 2. The van der Waals surface area contributed by atoms with Crippen LogP contribution in [0.3, 0.4) is 0 Å². The van der Waals surface area contributed by atoms with Gasteiger partial charge in [-0.25, -0.2) is 9.48 Å². The summed E-state index contributed by atoms with van der Waals surface area (Å²) in [7, 11) is 1.86. The molecule has 0 unspecified atom stereocenters. The number of urea groups is 1. The fourth-order valence-corrected chi connectivity index (χ4v) is 3.09. The van der Waals surface area contributed by atoms with Crippen LogP contribution in [-0.4, -0.2) is 25.6 Å². The molecule has 0 radical (unpaired) electrons. The van der Waals surface area contributed by atoms with Crippen LogP contribution in [0.2, 0.25) is 0 Å². The number of anilines is 1. The Hall–Kier alpha value is -3.09. The van der Waals surface area contributed by atoms with Crippen LogP contribution in [0.1, 0.15) is 41.6 Å². The lowest BCUT2D eigenvalue weighted by Gasteiger charge is -2.17. The van der Waals surface area contributed by atoms with Crippen LogP contribution in [0.4, 0.5) is 10.6 Å². The van der Waals surface area contributed by atoms with Crippen molar-refractivity contribution in [3.63, 3.8) is 0 Å². The molecular weight excluding hydrogens is 340 g/mol. The number of hydrogen-bond acceptors (Lipinski definition) is 3. The molecule has 0 spiro atoms. The second-order valence-electron chi connectivity index (χ2n) is 6.83. The number of carbonyl (C=O) groups excluding carboxylic acids is 1. The van der Waals surface area contributed by atoms with Crippen molar-refractivity contribution < 1.29 is 4.79 Å². The van der Waals surface area contributed by atoms with Gasteiger partial charge in [-0.2, -0.15) is 10.2 Å². The normalized spacial score (nSPS) is 12.0. The third kappa shape index (κ3) is 4.55. The molecule has 2 amide bonds. The molecule has 0 aliphatic carbocycles. The average Bonchev–Trinajstić information content (AvgIpc) is 3.20. The van der Waals surface area contributed by atoms with Gasteiger partial charge in [0, 0.05) is 24.4 Å². The molecule has 1 atom stereocenters. The molecule has 7 nitrogen and oxygen atoms in total. The molecule has 3 rings (SSSR count). The molecule has 3 aromatic rings. The number of rotatable bonds is 6. The third-order valence-corrected chi connectivity index (χ3v) is 4.51. The van der Waals surface area contributed by atoms with Crippen molar-refractivity contribution in [3.8, 4) is 0 Å². The Bertz CT molecular complexity index is 926. The van der Waals surface area contributed by atoms with Crippen molar-refractivity contribution in [1.82, 2.24) is 24.9 Å². The largest absolute Gasteiger partial charge is 0.331 e. The summed E-state index contributed by atoms with van der Waals surface area (Å²) in [5.41, 5.74) is 4.25. The van der Waals surface area contributed by atoms with Gasteiger partial charge in [0.15, 0.2) is 0 Å². The van der Waals surface area contributed by atoms with Crippen LogP contribution >= 0.6 is 0 Å². The Kier molecular flexibility index (Phi) is 5.59. The summed E-state index contributed by atoms with van der Waals surface area (Å²) < 4.78 is 3.55. The highest BCUT2D eigenvalue weighted by Gasteiger charge is 2.17. The molecule has 2 N–H and O–H groups in total. The lowest BCUT2D eigenvalue weighted by Crippen LogP contribution is -2.33. The molecule has 7 heteroatoms. The van der Waals surface area contributed by atoms with E-state index in [0.29, 0.717) is 12.4 Å². The Labute approximate surface area is 159 Å². The summed E-state index contributed by atoms with van der Waals surface area (Å²) >= 11 is 0. The van der Waals surface area contributed by atoms with Gasteiger partial charge in [0.2, 0.25) is 0 Å². The predicted molar refractivity (Wildman–Crippen MR) is 106 cm³/mol. The zero-order valence-corrected chi connectivity index (χ0v) is 16.2. The first-order chi connectivity index (χ1) is 13.0. The molecule has 142 valence electrons. The summed E-state index contributed by atoms with van der Waals surface area (Å²) in [6, 6.07) is 7.93. The van der Waals surface area contributed by atoms with E-state index in [-0.39, 0.29) is 12.1 Å². The molecule has 0 aliphatic rings. The standard InChI is InChI=1S/C20H26N6O/c1-5-18(17-11-21-25(4)13-17)23-20(27)24-19-15(3)10-22-26(19)12-16-8-6-7-14(2)9-16/h6-11,13,18H,5,12H2,1-4H3,(H2,23,24,27)/t18-/m1/s1. The van der Waals surface area contributed by atoms with Crippen LogP contribution in [-0.2, 0) is 13.6 Å². The molecule has 0 saturated heterocycles. The summed E-state index contributed by atoms with van der Waals surface area (Å²) in [5, 5.41) is 14.6. The Balaban J connectivity index is 1.71. The van der Waals surface area contributed by atoms with E-state index in [2.05, 4.69) is 46.0 Å². The van der Waals surface area contributed by atoms with Gasteiger partial charge < -0.3 is 5.32 Å². The Morgan fingerprint density at radius 2 is 2.04 bits per heavy atom. The first kappa shape index (κ1) is 18.7. The topological polar surface area (TPSA) is 76.8 Å². The number of aromatic nitrogens is 4. The second-order valence-corrected chi connectivity index (χ2v) is 6.83. The van der Waals surface area contributed by atoms with Crippen LogP contribution in [0.5, 0.6) is 0 Å². The maximum absolute atomic E-state index is 12.6. The summed E-state index contributed by atoms with van der Waals surface area (Å²) in [5.74, 6) is 0.704. The number of aryl methyl sites for hydroxylation is 3. The van der Waals surface area contributed by atoms with E-state index in [9.17, 15) is 4.79 Å². The minimum Gasteiger partial charge on any atom is -0.331 e. The molecular formula is C20H26N6O. The number of nitrogens with zero attached hydrogens (tertiary/aromatic N) is 4. The first-order valence-corrected chi connectivity index (χ1v) is 9.10. The summed E-state index contributed by atoms with van der Waals surface area (Å²) in [6.45, 7) is 6.64. The van der Waals surface area contributed by atoms with E-state index < -0.39 is 0 Å². The predicted octanol–water partition coefficient (Wildman–Crippen LogP) is 3.55. The van der Waals surface area contributed by atoms with Gasteiger partial charge in [0.1, 0.15) is 5.82 Å². The third-order valence-electron chi connectivity index (χ3n) is 4.51. The van der Waals surface area contributed by atoms with Crippen molar-refractivity contribution in [2.24, 2.45) is 7.05 Å². The molecule has 27 heavy (non-hydrogen) atoms. The Morgan fingerprint density at radius 1 is 1.22 bits per heavy atom. The zero-order valence-electron chi connectivity index (χ0n) is 16.2. The maximum Gasteiger partial charge on any atom is 0.320 e. The lowest BCUT2D eigenvalue weighted by molar-refractivity contribution is 0.248. The number of hydrogen-bond donors (Lipinski definition) is 2. The van der Waals surface area contributed by atoms with Crippen LogP contribution in [0.15, 0.2) is 42.9 Å². The van der Waals surface area contributed by atoms with E-state index in [1.54, 1.807) is 17.1 Å². The van der Waals surface area contributed by atoms with Crippen LogP contribution in [0, 0.1) is 13.8 Å². The van der Waals surface area contributed by atoms with Crippen molar-refractivity contribution in [2.45, 2.75) is 39.8 Å². The smallest absolute Gasteiger partial charge is 0.320 e. The summed E-state index contributed by atoms with van der Waals surface area (Å²) in [6.07, 6.45) is 6.24. The van der Waals surface area contributed by atoms with Gasteiger partial charge in [0.25, 0.3) is 0 Å². The van der Waals surface area contributed by atoms with Gasteiger partial charge in [-0.05, 0) is 25.8 Å². The van der Waals surface area contributed by atoms with Crippen LogP contribution < -0.4 is 10.6 Å². The van der Waals surface area contributed by atoms with E-state index >= 15 is 0 Å². The molecule has 0 fully saturated rings.